The van der Waals surface area contributed by atoms with Crippen LogP contribution in [-0.4, -0.2) is 22.7 Å². The van der Waals surface area contributed by atoms with E-state index in [9.17, 15) is 0 Å². The van der Waals surface area contributed by atoms with Crippen LogP contribution in [0.15, 0.2) is 12.1 Å². The number of pyridine rings is 1. The molecule has 4 N–H and O–H groups in total. The fourth-order valence-corrected chi connectivity index (χ4v) is 1.23. The van der Waals surface area contributed by atoms with Crippen LogP contribution in [0.5, 0.6) is 0 Å². The first-order valence-electron chi connectivity index (χ1n) is 4.43. The fraction of sp³-hybridized carbons (Fsp3) is 0.444. The van der Waals surface area contributed by atoms with Crippen molar-refractivity contribution in [1.82, 2.24) is 4.98 Å². The highest BCUT2D eigenvalue weighted by Crippen LogP contribution is 2.15. The maximum atomic E-state index is 9.03. The molecule has 0 bridgehead atoms. The van der Waals surface area contributed by atoms with Crippen LogP contribution >= 0.6 is 11.6 Å². The van der Waals surface area contributed by atoms with E-state index in [0.29, 0.717) is 29.6 Å². The average Bonchev–Trinajstić information content (AvgIpc) is 2.01. The largest absolute Gasteiger partial charge is 0.399 e. The van der Waals surface area contributed by atoms with Gasteiger partial charge in [-0.15, -0.1) is 0 Å². The lowest BCUT2D eigenvalue weighted by molar-refractivity contribution is 0.188. The highest BCUT2D eigenvalue weighted by Gasteiger charge is 1.99. The molecular formula is C9H14ClN3O. The number of aromatic nitrogens is 1. The maximum absolute atomic E-state index is 9.03. The predicted molar refractivity (Wildman–Crippen MR) is 58.4 cm³/mol. The molecule has 14 heavy (non-hydrogen) atoms. The Hall–Kier alpha value is -1.00. The predicted octanol–water partition coefficient (Wildman–Crippen LogP) is 1.50. The third-order valence-corrected chi connectivity index (χ3v) is 1.88. The van der Waals surface area contributed by atoms with Crippen molar-refractivity contribution in [2.45, 2.75) is 19.4 Å². The summed E-state index contributed by atoms with van der Waals surface area (Å²) in [6, 6.07) is 3.29. The van der Waals surface area contributed by atoms with Crippen molar-refractivity contribution < 1.29 is 5.11 Å². The second-order valence-electron chi connectivity index (χ2n) is 3.17. The molecule has 5 heteroatoms. The van der Waals surface area contributed by atoms with Gasteiger partial charge in [-0.3, -0.25) is 0 Å². The van der Waals surface area contributed by atoms with Crippen molar-refractivity contribution >= 4 is 23.1 Å². The number of nitrogen functional groups attached to an aromatic ring is 1. The Balaban J connectivity index is 2.50. The van der Waals surface area contributed by atoms with Gasteiger partial charge in [-0.25, -0.2) is 4.98 Å². The zero-order valence-corrected chi connectivity index (χ0v) is 8.75. The lowest BCUT2D eigenvalue weighted by atomic mass is 10.3. The van der Waals surface area contributed by atoms with Crippen LogP contribution in [0.25, 0.3) is 0 Å². The number of nitrogens with two attached hydrogens (primary N) is 1. The third-order valence-electron chi connectivity index (χ3n) is 1.68. The van der Waals surface area contributed by atoms with Crippen molar-refractivity contribution in [2.75, 3.05) is 17.6 Å². The molecule has 78 valence electrons. The Kier molecular flexibility index (Phi) is 3.98. The smallest absolute Gasteiger partial charge is 0.133 e. The van der Waals surface area contributed by atoms with Gasteiger partial charge in [0, 0.05) is 18.3 Å². The van der Waals surface area contributed by atoms with Crippen molar-refractivity contribution in [2.24, 2.45) is 0 Å². The number of halogens is 1. The van der Waals surface area contributed by atoms with Crippen LogP contribution in [0.1, 0.15) is 13.3 Å². The van der Waals surface area contributed by atoms with E-state index in [1.54, 1.807) is 19.1 Å². The Morgan fingerprint density at radius 1 is 1.64 bits per heavy atom. The van der Waals surface area contributed by atoms with Crippen LogP contribution in [0, 0.1) is 0 Å². The van der Waals surface area contributed by atoms with Gasteiger partial charge in [0.25, 0.3) is 0 Å². The molecule has 1 atom stereocenters. The number of hydrogen-bond acceptors (Lipinski definition) is 4. The molecule has 0 saturated heterocycles. The second kappa shape index (κ2) is 5.02. The number of aliphatic hydroxyl groups excluding tert-OH is 1. The highest BCUT2D eigenvalue weighted by molar-refractivity contribution is 6.29. The molecule has 0 aliphatic heterocycles. The molecule has 1 aromatic rings. The molecule has 0 aliphatic carbocycles. The van der Waals surface area contributed by atoms with Crippen molar-refractivity contribution in [1.29, 1.82) is 0 Å². The number of nitrogens with zero attached hydrogens (tertiary/aromatic N) is 1. The first kappa shape index (κ1) is 11.1. The van der Waals surface area contributed by atoms with E-state index >= 15 is 0 Å². The molecule has 1 aromatic heterocycles. The standard InChI is InChI=1S/C9H14ClN3O/c1-6(14)2-3-12-9-5-7(11)4-8(10)13-9/h4-6,14H,2-3H2,1H3,(H3,11,12,13)/t6-/m1/s1. The summed E-state index contributed by atoms with van der Waals surface area (Å²) in [5, 5.41) is 12.4. The van der Waals surface area contributed by atoms with Crippen LogP contribution in [0.3, 0.4) is 0 Å². The van der Waals surface area contributed by atoms with Gasteiger partial charge in [0.2, 0.25) is 0 Å². The molecule has 0 amide bonds. The molecule has 0 fully saturated rings. The summed E-state index contributed by atoms with van der Waals surface area (Å²) >= 11 is 5.71. The first-order valence-corrected chi connectivity index (χ1v) is 4.80. The van der Waals surface area contributed by atoms with Crippen molar-refractivity contribution in [3.63, 3.8) is 0 Å². The summed E-state index contributed by atoms with van der Waals surface area (Å²) in [4.78, 5) is 4.02. The Morgan fingerprint density at radius 2 is 2.36 bits per heavy atom. The van der Waals surface area contributed by atoms with Crippen LogP contribution < -0.4 is 11.1 Å². The topological polar surface area (TPSA) is 71.2 Å². The van der Waals surface area contributed by atoms with E-state index in [4.69, 9.17) is 22.4 Å². The van der Waals surface area contributed by atoms with E-state index in [-0.39, 0.29) is 6.10 Å². The molecule has 4 nitrogen and oxygen atoms in total. The number of aliphatic hydroxyl groups is 1. The lowest BCUT2D eigenvalue weighted by Gasteiger charge is -2.07. The van der Waals surface area contributed by atoms with Gasteiger partial charge in [0.05, 0.1) is 6.10 Å². The number of hydrogen-bond donors (Lipinski definition) is 3. The van der Waals surface area contributed by atoms with E-state index < -0.39 is 0 Å². The molecule has 1 heterocycles. The lowest BCUT2D eigenvalue weighted by Crippen LogP contribution is -2.10. The summed E-state index contributed by atoms with van der Waals surface area (Å²) in [6.07, 6.45) is 0.340. The van der Waals surface area contributed by atoms with Gasteiger partial charge in [-0.1, -0.05) is 11.6 Å². The van der Waals surface area contributed by atoms with Crippen LogP contribution in [0.4, 0.5) is 11.5 Å². The van der Waals surface area contributed by atoms with Crippen molar-refractivity contribution in [3.05, 3.63) is 17.3 Å². The summed E-state index contributed by atoms with van der Waals surface area (Å²) in [6.45, 7) is 2.38. The molecule has 1 rings (SSSR count). The normalized spacial score (nSPS) is 12.5. The van der Waals surface area contributed by atoms with Gasteiger partial charge >= 0.3 is 0 Å². The summed E-state index contributed by atoms with van der Waals surface area (Å²) < 4.78 is 0. The van der Waals surface area contributed by atoms with E-state index in [1.807, 2.05) is 0 Å². The quantitative estimate of drug-likeness (QED) is 0.666. The second-order valence-corrected chi connectivity index (χ2v) is 3.56. The molecule has 0 spiro atoms. The Morgan fingerprint density at radius 3 is 2.93 bits per heavy atom. The zero-order chi connectivity index (χ0) is 10.6. The SMILES string of the molecule is C[C@@H](O)CCNc1cc(N)cc(Cl)n1. The Bertz CT molecular complexity index is 284. The maximum Gasteiger partial charge on any atom is 0.133 e. The average molecular weight is 216 g/mol. The number of anilines is 2. The Labute approximate surface area is 88.1 Å². The monoisotopic (exact) mass is 215 g/mol. The minimum absolute atomic E-state index is 0.320. The number of rotatable bonds is 4. The summed E-state index contributed by atoms with van der Waals surface area (Å²) in [5.41, 5.74) is 6.15. The summed E-state index contributed by atoms with van der Waals surface area (Å²) in [7, 11) is 0. The third kappa shape index (κ3) is 3.81. The molecule has 0 aliphatic rings. The molecule has 0 saturated carbocycles. The van der Waals surface area contributed by atoms with Crippen molar-refractivity contribution in [3.8, 4) is 0 Å². The molecule has 0 aromatic carbocycles. The van der Waals surface area contributed by atoms with Gasteiger partial charge in [-0.2, -0.15) is 0 Å². The summed E-state index contributed by atoms with van der Waals surface area (Å²) in [5.74, 6) is 0.635. The van der Waals surface area contributed by atoms with E-state index in [2.05, 4.69) is 10.3 Å². The molecular weight excluding hydrogens is 202 g/mol. The highest BCUT2D eigenvalue weighted by atomic mass is 35.5. The van der Waals surface area contributed by atoms with Gasteiger partial charge < -0.3 is 16.2 Å². The molecule has 0 unspecified atom stereocenters. The minimum Gasteiger partial charge on any atom is -0.399 e. The van der Waals surface area contributed by atoms with Crippen LogP contribution in [-0.2, 0) is 0 Å². The van der Waals surface area contributed by atoms with Crippen LogP contribution in [0.2, 0.25) is 5.15 Å². The molecule has 0 radical (unpaired) electrons. The van der Waals surface area contributed by atoms with Gasteiger partial charge in [0.15, 0.2) is 0 Å². The minimum atomic E-state index is -0.320. The van der Waals surface area contributed by atoms with E-state index in [1.165, 1.54) is 0 Å². The van der Waals surface area contributed by atoms with E-state index in [0.717, 1.165) is 0 Å². The number of nitrogens with one attached hydrogen (secondary N) is 1. The van der Waals surface area contributed by atoms with Gasteiger partial charge in [0.1, 0.15) is 11.0 Å². The zero-order valence-electron chi connectivity index (χ0n) is 8.00. The fourth-order valence-electron chi connectivity index (χ4n) is 1.02. The van der Waals surface area contributed by atoms with Gasteiger partial charge in [-0.05, 0) is 19.4 Å². The first-order chi connectivity index (χ1) is 6.58.